The molecule has 2 nitrogen and oxygen atoms in total. The molecule has 3 fully saturated rings. The molecule has 0 saturated heterocycles. The fraction of sp³-hybridized carbons (Fsp3) is 0.778. The van der Waals surface area contributed by atoms with Gasteiger partial charge in [-0.1, -0.05) is 51.0 Å². The molecule has 0 aliphatic heterocycles. The Hall–Kier alpha value is -0.860. The zero-order valence-electron chi connectivity index (χ0n) is 19.3. The summed E-state index contributed by atoms with van der Waals surface area (Å²) in [5, 5.41) is 19.9. The van der Waals surface area contributed by atoms with Gasteiger partial charge >= 0.3 is 0 Å². The van der Waals surface area contributed by atoms with E-state index in [0.717, 1.165) is 55.4 Å². The molecular weight excluding hydrogens is 356 g/mol. The highest BCUT2D eigenvalue weighted by atomic mass is 16.3. The molecule has 2 N–H and O–H groups in total. The fourth-order valence-corrected chi connectivity index (χ4v) is 6.70. The summed E-state index contributed by atoms with van der Waals surface area (Å²) in [5.74, 6) is 2.28. The molecule has 29 heavy (non-hydrogen) atoms. The van der Waals surface area contributed by atoms with Gasteiger partial charge in [0.15, 0.2) is 0 Å². The van der Waals surface area contributed by atoms with E-state index in [0.29, 0.717) is 5.41 Å². The number of allylic oxidation sites excluding steroid dienone is 4. The molecule has 0 aromatic carbocycles. The summed E-state index contributed by atoms with van der Waals surface area (Å²) in [4.78, 5) is 0. The first-order valence-electron chi connectivity index (χ1n) is 12.1. The van der Waals surface area contributed by atoms with E-state index >= 15 is 0 Å². The van der Waals surface area contributed by atoms with Crippen molar-refractivity contribution in [3.63, 3.8) is 0 Å². The third-order valence-electron chi connectivity index (χ3n) is 8.35. The van der Waals surface area contributed by atoms with Gasteiger partial charge in [-0.25, -0.2) is 0 Å². The second-order valence-corrected chi connectivity index (χ2v) is 11.2. The Morgan fingerprint density at radius 3 is 2.66 bits per heavy atom. The van der Waals surface area contributed by atoms with Crippen LogP contribution in [-0.2, 0) is 0 Å². The molecule has 3 saturated carbocycles. The monoisotopic (exact) mass is 400 g/mol. The van der Waals surface area contributed by atoms with Crippen LogP contribution in [0.5, 0.6) is 0 Å². The lowest BCUT2D eigenvalue weighted by Gasteiger charge is -2.44. The lowest BCUT2D eigenvalue weighted by molar-refractivity contribution is 0.0597. The Bertz CT molecular complexity index is 650. The number of rotatable bonds is 6. The molecule has 0 spiro atoms. The van der Waals surface area contributed by atoms with Gasteiger partial charge in [-0.2, -0.15) is 0 Å². The molecule has 0 aromatic rings. The molecule has 0 radical (unpaired) electrons. The highest BCUT2D eigenvalue weighted by Gasteiger charge is 2.50. The number of aliphatic hydroxyl groups excluding tert-OH is 1. The molecule has 0 aromatic heterocycles. The van der Waals surface area contributed by atoms with Crippen LogP contribution in [-0.4, -0.2) is 21.9 Å². The van der Waals surface area contributed by atoms with Gasteiger partial charge in [-0.3, -0.25) is 0 Å². The molecule has 3 aliphatic rings. The van der Waals surface area contributed by atoms with Crippen molar-refractivity contribution >= 4 is 0 Å². The average molecular weight is 401 g/mol. The molecule has 0 amide bonds. The first kappa shape index (κ1) is 22.8. The topological polar surface area (TPSA) is 40.5 Å². The van der Waals surface area contributed by atoms with Gasteiger partial charge in [-0.05, 0) is 106 Å². The van der Waals surface area contributed by atoms with Gasteiger partial charge in [0.05, 0.1) is 11.7 Å². The number of aliphatic hydroxyl groups is 2. The van der Waals surface area contributed by atoms with E-state index in [1.807, 2.05) is 13.8 Å². The summed E-state index contributed by atoms with van der Waals surface area (Å²) in [5.41, 5.74) is 4.05. The maximum Gasteiger partial charge on any atom is 0.0591 e. The minimum absolute atomic E-state index is 0.196. The van der Waals surface area contributed by atoms with Crippen molar-refractivity contribution in [1.82, 2.24) is 0 Å². The maximum atomic E-state index is 10.0. The minimum atomic E-state index is -0.532. The summed E-state index contributed by atoms with van der Waals surface area (Å²) in [6.07, 6.45) is 17.0. The maximum absolute atomic E-state index is 10.0. The van der Waals surface area contributed by atoms with E-state index in [4.69, 9.17) is 0 Å². The normalized spacial score (nSPS) is 37.2. The standard InChI is InChI=1S/C27H44O2/c1-19(8-6-16-26(3,4)29)24-14-15-25-22(9-7-17-27(24,25)5)11-10-21-12-13-23(28)18-20(21)2/h10-11,19,23-25,28-29H,2,6-9,12-18H2,1,3-5H3/b21-10-,22-11+/t19-,23+,24-,25+,27-/m1/s1. The largest absolute Gasteiger partial charge is 0.393 e. The van der Waals surface area contributed by atoms with Crippen LogP contribution in [0.2, 0.25) is 0 Å². The zero-order valence-corrected chi connectivity index (χ0v) is 19.3. The van der Waals surface area contributed by atoms with Gasteiger partial charge in [-0.15, -0.1) is 0 Å². The molecule has 0 unspecified atom stereocenters. The van der Waals surface area contributed by atoms with Crippen molar-refractivity contribution in [2.75, 3.05) is 0 Å². The van der Waals surface area contributed by atoms with Crippen LogP contribution in [0.3, 0.4) is 0 Å². The van der Waals surface area contributed by atoms with Gasteiger partial charge in [0, 0.05) is 0 Å². The Morgan fingerprint density at radius 2 is 1.97 bits per heavy atom. The Kier molecular flexibility index (Phi) is 7.16. The lowest BCUT2D eigenvalue weighted by atomic mass is 9.60. The predicted octanol–water partition coefficient (Wildman–Crippen LogP) is 6.73. The van der Waals surface area contributed by atoms with E-state index in [9.17, 15) is 10.2 Å². The van der Waals surface area contributed by atoms with E-state index in [1.165, 1.54) is 44.1 Å². The fourth-order valence-electron chi connectivity index (χ4n) is 6.70. The first-order valence-corrected chi connectivity index (χ1v) is 12.1. The van der Waals surface area contributed by atoms with Crippen LogP contribution in [0.4, 0.5) is 0 Å². The molecule has 3 aliphatic carbocycles. The molecule has 164 valence electrons. The van der Waals surface area contributed by atoms with Crippen molar-refractivity contribution in [2.45, 2.75) is 110 Å². The van der Waals surface area contributed by atoms with Crippen LogP contribution < -0.4 is 0 Å². The minimum Gasteiger partial charge on any atom is -0.393 e. The quantitative estimate of drug-likeness (QED) is 0.518. The average Bonchev–Trinajstić information content (AvgIpc) is 2.97. The summed E-state index contributed by atoms with van der Waals surface area (Å²) in [6, 6.07) is 0. The second kappa shape index (κ2) is 9.10. The van der Waals surface area contributed by atoms with Gasteiger partial charge in [0.25, 0.3) is 0 Å². The Balaban J connectivity index is 1.67. The van der Waals surface area contributed by atoms with E-state index in [-0.39, 0.29) is 6.10 Å². The van der Waals surface area contributed by atoms with Crippen molar-refractivity contribution in [3.05, 3.63) is 35.5 Å². The van der Waals surface area contributed by atoms with Crippen molar-refractivity contribution in [3.8, 4) is 0 Å². The zero-order chi connectivity index (χ0) is 21.2. The summed E-state index contributed by atoms with van der Waals surface area (Å²) < 4.78 is 0. The molecule has 5 atom stereocenters. The van der Waals surface area contributed by atoms with Gasteiger partial charge in [0.1, 0.15) is 0 Å². The Labute approximate surface area is 179 Å². The van der Waals surface area contributed by atoms with Crippen molar-refractivity contribution in [2.24, 2.45) is 23.2 Å². The van der Waals surface area contributed by atoms with Crippen molar-refractivity contribution in [1.29, 1.82) is 0 Å². The molecule has 2 heteroatoms. The summed E-state index contributed by atoms with van der Waals surface area (Å²) >= 11 is 0. The van der Waals surface area contributed by atoms with E-state index in [1.54, 1.807) is 5.57 Å². The van der Waals surface area contributed by atoms with Gasteiger partial charge < -0.3 is 10.2 Å². The van der Waals surface area contributed by atoms with Crippen LogP contribution >= 0.6 is 0 Å². The molecule has 0 bridgehead atoms. The highest BCUT2D eigenvalue weighted by molar-refractivity contribution is 5.36. The smallest absolute Gasteiger partial charge is 0.0591 e. The van der Waals surface area contributed by atoms with E-state index < -0.39 is 5.60 Å². The molecule has 0 heterocycles. The SMILES string of the molecule is C=C1C[C@@H](O)CC/C1=C/C=C1\CCC[C@]2(C)[C@@H]([C@H](C)CCCC(C)(C)O)CC[C@@H]12. The Morgan fingerprint density at radius 1 is 1.21 bits per heavy atom. The van der Waals surface area contributed by atoms with Gasteiger partial charge in [0.2, 0.25) is 0 Å². The highest BCUT2D eigenvalue weighted by Crippen LogP contribution is 2.60. The lowest BCUT2D eigenvalue weighted by Crippen LogP contribution is -2.36. The second-order valence-electron chi connectivity index (χ2n) is 11.2. The third kappa shape index (κ3) is 5.44. The summed E-state index contributed by atoms with van der Waals surface area (Å²) in [7, 11) is 0. The summed E-state index contributed by atoms with van der Waals surface area (Å²) in [6.45, 7) is 13.1. The predicted molar refractivity (Wildman–Crippen MR) is 123 cm³/mol. The molecule has 3 rings (SSSR count). The van der Waals surface area contributed by atoms with Crippen LogP contribution in [0.1, 0.15) is 98.3 Å². The number of hydrogen-bond acceptors (Lipinski definition) is 2. The van der Waals surface area contributed by atoms with Crippen molar-refractivity contribution < 1.29 is 10.2 Å². The van der Waals surface area contributed by atoms with Crippen LogP contribution in [0, 0.1) is 23.2 Å². The number of hydrogen-bond donors (Lipinski definition) is 2. The van der Waals surface area contributed by atoms with Crippen LogP contribution in [0.25, 0.3) is 0 Å². The van der Waals surface area contributed by atoms with E-state index in [2.05, 4.69) is 32.6 Å². The number of fused-ring (bicyclic) bond motifs is 1. The van der Waals surface area contributed by atoms with Crippen LogP contribution in [0.15, 0.2) is 35.5 Å². The first-order chi connectivity index (χ1) is 13.6. The molecular formula is C27H44O2. The third-order valence-corrected chi connectivity index (χ3v) is 8.35.